The van der Waals surface area contributed by atoms with Gasteiger partial charge in [-0.05, 0) is 43.0 Å². The number of hydrogen-bond donors (Lipinski definition) is 3. The van der Waals surface area contributed by atoms with Crippen LogP contribution in [-0.4, -0.2) is 48.9 Å². The highest BCUT2D eigenvalue weighted by Crippen LogP contribution is 2.19. The zero-order chi connectivity index (χ0) is 22.1. The van der Waals surface area contributed by atoms with Crippen LogP contribution in [0, 0.1) is 6.92 Å². The average molecular weight is 423 g/mol. The van der Waals surface area contributed by atoms with Crippen molar-refractivity contribution in [2.75, 3.05) is 26.2 Å². The summed E-state index contributed by atoms with van der Waals surface area (Å²) < 4.78 is 0. The van der Waals surface area contributed by atoms with Gasteiger partial charge in [-0.1, -0.05) is 42.0 Å². The number of carbonyl (C=O) groups excluding carboxylic acids is 3. The fourth-order valence-corrected chi connectivity index (χ4v) is 3.53. The lowest BCUT2D eigenvalue weighted by Crippen LogP contribution is -2.41. The highest BCUT2D eigenvalue weighted by Gasteiger charge is 2.19. The summed E-state index contributed by atoms with van der Waals surface area (Å²) in [6, 6.07) is 15.2. The van der Waals surface area contributed by atoms with E-state index in [2.05, 4.69) is 28.1 Å². The van der Waals surface area contributed by atoms with E-state index in [4.69, 9.17) is 0 Å². The second kappa shape index (κ2) is 11.2. The third kappa shape index (κ3) is 6.84. The Hall–Kier alpha value is -3.35. The fourth-order valence-electron chi connectivity index (χ4n) is 3.53. The molecule has 2 aromatic carbocycles. The Kier molecular flexibility index (Phi) is 8.04. The number of benzene rings is 2. The highest BCUT2D eigenvalue weighted by atomic mass is 16.2. The SMILES string of the molecule is Cc1ccc(C(=O)NCCNC(=O)NCCCC(=O)N2CCc3ccccc3C2)cc1. The summed E-state index contributed by atoms with van der Waals surface area (Å²) in [5.41, 5.74) is 4.23. The number of carbonyl (C=O) groups is 3. The van der Waals surface area contributed by atoms with Gasteiger partial charge in [0.15, 0.2) is 0 Å². The molecule has 0 unspecified atom stereocenters. The quantitative estimate of drug-likeness (QED) is 0.571. The number of aryl methyl sites for hydroxylation is 1. The van der Waals surface area contributed by atoms with Crippen molar-refractivity contribution in [1.82, 2.24) is 20.9 Å². The minimum atomic E-state index is -0.302. The van der Waals surface area contributed by atoms with Crippen molar-refractivity contribution in [1.29, 1.82) is 0 Å². The van der Waals surface area contributed by atoms with E-state index in [9.17, 15) is 14.4 Å². The van der Waals surface area contributed by atoms with Crippen LogP contribution in [0.1, 0.15) is 39.9 Å². The van der Waals surface area contributed by atoms with Crippen molar-refractivity contribution in [2.24, 2.45) is 0 Å². The number of hydrogen-bond acceptors (Lipinski definition) is 3. The summed E-state index contributed by atoms with van der Waals surface area (Å²) in [7, 11) is 0. The van der Waals surface area contributed by atoms with Gasteiger partial charge in [-0.15, -0.1) is 0 Å². The topological polar surface area (TPSA) is 90.5 Å². The third-order valence-corrected chi connectivity index (χ3v) is 5.35. The second-order valence-electron chi connectivity index (χ2n) is 7.74. The summed E-state index contributed by atoms with van der Waals surface area (Å²) in [6.07, 6.45) is 1.90. The maximum Gasteiger partial charge on any atom is 0.314 e. The van der Waals surface area contributed by atoms with Crippen molar-refractivity contribution >= 4 is 17.8 Å². The largest absolute Gasteiger partial charge is 0.350 e. The standard InChI is InChI=1S/C24H30N4O3/c1-18-8-10-20(11-9-18)23(30)25-14-15-27-24(31)26-13-4-7-22(29)28-16-12-19-5-2-3-6-21(19)17-28/h2-3,5-6,8-11H,4,7,12-17H2,1H3,(H,25,30)(H2,26,27,31). The first-order valence-electron chi connectivity index (χ1n) is 10.7. The molecule has 4 amide bonds. The fraction of sp³-hybridized carbons (Fsp3) is 0.375. The molecule has 1 aliphatic rings. The Morgan fingerprint density at radius 3 is 2.32 bits per heavy atom. The smallest absolute Gasteiger partial charge is 0.314 e. The molecule has 0 saturated heterocycles. The average Bonchev–Trinajstić information content (AvgIpc) is 2.79. The molecule has 164 valence electrons. The summed E-state index contributed by atoms with van der Waals surface area (Å²) in [5.74, 6) is -0.0448. The highest BCUT2D eigenvalue weighted by molar-refractivity contribution is 5.94. The molecule has 0 aromatic heterocycles. The monoisotopic (exact) mass is 422 g/mol. The Labute approximate surface area is 183 Å². The predicted molar refractivity (Wildman–Crippen MR) is 120 cm³/mol. The summed E-state index contributed by atoms with van der Waals surface area (Å²) in [6.45, 7) is 4.48. The van der Waals surface area contributed by atoms with E-state index in [1.54, 1.807) is 12.1 Å². The van der Waals surface area contributed by atoms with Crippen molar-refractivity contribution in [3.63, 3.8) is 0 Å². The van der Waals surface area contributed by atoms with E-state index in [0.717, 1.165) is 18.5 Å². The molecule has 0 spiro atoms. The van der Waals surface area contributed by atoms with E-state index in [1.165, 1.54) is 11.1 Å². The van der Waals surface area contributed by atoms with Crippen LogP contribution in [0.25, 0.3) is 0 Å². The molecular weight excluding hydrogens is 392 g/mol. The Balaban J connectivity index is 1.25. The molecule has 3 rings (SSSR count). The molecule has 0 atom stereocenters. The molecule has 31 heavy (non-hydrogen) atoms. The molecule has 0 bridgehead atoms. The van der Waals surface area contributed by atoms with E-state index in [1.807, 2.05) is 36.1 Å². The van der Waals surface area contributed by atoms with E-state index < -0.39 is 0 Å². The molecule has 0 fully saturated rings. The number of fused-ring (bicyclic) bond motifs is 1. The lowest BCUT2D eigenvalue weighted by Gasteiger charge is -2.29. The van der Waals surface area contributed by atoms with E-state index in [-0.39, 0.29) is 17.8 Å². The molecule has 7 nitrogen and oxygen atoms in total. The molecule has 0 saturated carbocycles. The van der Waals surface area contributed by atoms with Crippen LogP contribution in [0.15, 0.2) is 48.5 Å². The van der Waals surface area contributed by atoms with Crippen LogP contribution in [0.4, 0.5) is 4.79 Å². The number of amides is 4. The van der Waals surface area contributed by atoms with Crippen LogP contribution >= 0.6 is 0 Å². The van der Waals surface area contributed by atoms with Gasteiger partial charge in [-0.3, -0.25) is 9.59 Å². The number of urea groups is 1. The zero-order valence-electron chi connectivity index (χ0n) is 17.9. The summed E-state index contributed by atoms with van der Waals surface area (Å²) in [4.78, 5) is 38.2. The molecule has 1 heterocycles. The van der Waals surface area contributed by atoms with Crippen LogP contribution in [0.5, 0.6) is 0 Å². The first kappa shape index (κ1) is 22.3. The van der Waals surface area contributed by atoms with Gasteiger partial charge in [-0.25, -0.2) is 4.79 Å². The maximum absolute atomic E-state index is 12.4. The molecule has 2 aromatic rings. The summed E-state index contributed by atoms with van der Waals surface area (Å²) in [5, 5.41) is 8.22. The number of nitrogens with zero attached hydrogens (tertiary/aromatic N) is 1. The minimum Gasteiger partial charge on any atom is -0.350 e. The van der Waals surface area contributed by atoms with Crippen LogP contribution in [-0.2, 0) is 17.8 Å². The first-order valence-corrected chi connectivity index (χ1v) is 10.7. The Morgan fingerprint density at radius 1 is 0.871 bits per heavy atom. The van der Waals surface area contributed by atoms with Crippen molar-refractivity contribution in [2.45, 2.75) is 32.7 Å². The minimum absolute atomic E-state index is 0.121. The molecule has 0 radical (unpaired) electrons. The van der Waals surface area contributed by atoms with Crippen LogP contribution < -0.4 is 16.0 Å². The normalized spacial score (nSPS) is 12.6. The Morgan fingerprint density at radius 2 is 1.55 bits per heavy atom. The van der Waals surface area contributed by atoms with E-state index >= 15 is 0 Å². The van der Waals surface area contributed by atoms with Crippen molar-refractivity contribution in [3.8, 4) is 0 Å². The van der Waals surface area contributed by atoms with Crippen molar-refractivity contribution < 1.29 is 14.4 Å². The molecular formula is C24H30N4O3. The van der Waals surface area contributed by atoms with Gasteiger partial charge < -0.3 is 20.9 Å². The van der Waals surface area contributed by atoms with Gasteiger partial charge in [-0.2, -0.15) is 0 Å². The van der Waals surface area contributed by atoms with Gasteiger partial charge >= 0.3 is 6.03 Å². The number of rotatable bonds is 8. The Bertz CT molecular complexity index is 911. The summed E-state index contributed by atoms with van der Waals surface area (Å²) >= 11 is 0. The van der Waals surface area contributed by atoms with Gasteiger partial charge in [0.05, 0.1) is 0 Å². The third-order valence-electron chi connectivity index (χ3n) is 5.35. The van der Waals surface area contributed by atoms with Gasteiger partial charge in [0.25, 0.3) is 5.91 Å². The zero-order valence-corrected chi connectivity index (χ0v) is 17.9. The first-order chi connectivity index (χ1) is 15.0. The van der Waals surface area contributed by atoms with Crippen molar-refractivity contribution in [3.05, 3.63) is 70.8 Å². The van der Waals surface area contributed by atoms with Crippen LogP contribution in [0.2, 0.25) is 0 Å². The van der Waals surface area contributed by atoms with Crippen LogP contribution in [0.3, 0.4) is 0 Å². The predicted octanol–water partition coefficient (Wildman–Crippen LogP) is 2.39. The lowest BCUT2D eigenvalue weighted by atomic mass is 9.99. The molecule has 3 N–H and O–H groups in total. The second-order valence-corrected chi connectivity index (χ2v) is 7.74. The molecule has 1 aliphatic heterocycles. The van der Waals surface area contributed by atoms with E-state index in [0.29, 0.717) is 44.6 Å². The van der Waals surface area contributed by atoms with Gasteiger partial charge in [0, 0.05) is 44.7 Å². The van der Waals surface area contributed by atoms with Gasteiger partial charge in [0.1, 0.15) is 0 Å². The molecule has 7 heteroatoms. The lowest BCUT2D eigenvalue weighted by molar-refractivity contribution is -0.132. The number of nitrogens with one attached hydrogen (secondary N) is 3. The molecule has 0 aliphatic carbocycles. The van der Waals surface area contributed by atoms with Gasteiger partial charge in [0.2, 0.25) is 5.91 Å². The maximum atomic E-state index is 12.4.